The first-order valence-corrected chi connectivity index (χ1v) is 5.49. The quantitative estimate of drug-likeness (QED) is 0.846. The molecule has 0 aliphatic heterocycles. The van der Waals surface area contributed by atoms with E-state index in [0.29, 0.717) is 15.6 Å². The maximum atomic E-state index is 11.7. The number of hydrogen-bond acceptors (Lipinski definition) is 2. The summed E-state index contributed by atoms with van der Waals surface area (Å²) < 4.78 is 0. The molecule has 0 heterocycles. The molecule has 0 aromatic heterocycles. The number of carbonyl (C=O) groups excluding carboxylic acids is 2. The van der Waals surface area contributed by atoms with Gasteiger partial charge in [-0.1, -0.05) is 23.2 Å². The first-order chi connectivity index (χ1) is 7.54. The Kier molecular flexibility index (Phi) is 4.77. The predicted octanol–water partition coefficient (Wildman–Crippen LogP) is 2.70. The minimum absolute atomic E-state index is 0.211. The van der Waals surface area contributed by atoms with Crippen LogP contribution in [0.1, 0.15) is 23.7 Å². The Labute approximate surface area is 104 Å². The van der Waals surface area contributed by atoms with Crippen LogP contribution in [0.25, 0.3) is 0 Å². The topological polar surface area (TPSA) is 46.2 Å². The molecular formula is C11H11Cl2NO2. The van der Waals surface area contributed by atoms with E-state index < -0.39 is 0 Å². The van der Waals surface area contributed by atoms with E-state index in [1.807, 2.05) is 0 Å². The van der Waals surface area contributed by atoms with Crippen LogP contribution in [0.2, 0.25) is 10.0 Å². The van der Waals surface area contributed by atoms with Crippen molar-refractivity contribution in [1.29, 1.82) is 0 Å². The second-order valence-electron chi connectivity index (χ2n) is 3.40. The first-order valence-electron chi connectivity index (χ1n) is 4.74. The largest absolute Gasteiger partial charge is 0.349 e. The molecule has 1 rings (SSSR count). The second-order valence-corrected chi connectivity index (χ2v) is 4.24. The summed E-state index contributed by atoms with van der Waals surface area (Å²) in [6.45, 7) is 1.75. The maximum Gasteiger partial charge on any atom is 0.253 e. The zero-order valence-electron chi connectivity index (χ0n) is 8.67. The summed E-state index contributed by atoms with van der Waals surface area (Å²) in [5, 5.41) is 3.43. The monoisotopic (exact) mass is 259 g/mol. The van der Waals surface area contributed by atoms with Crippen LogP contribution in [-0.2, 0) is 4.79 Å². The molecular weight excluding hydrogens is 249 g/mol. The molecule has 3 nitrogen and oxygen atoms in total. The first kappa shape index (κ1) is 13.0. The normalized spacial score (nSPS) is 11.9. The third-order valence-electron chi connectivity index (χ3n) is 2.00. The number of hydrogen-bond donors (Lipinski definition) is 1. The predicted molar refractivity (Wildman–Crippen MR) is 64.1 cm³/mol. The fraction of sp³-hybridized carbons (Fsp3) is 0.273. The van der Waals surface area contributed by atoms with E-state index >= 15 is 0 Å². The number of carbonyl (C=O) groups is 2. The van der Waals surface area contributed by atoms with Crippen LogP contribution in [0.15, 0.2) is 18.2 Å². The number of aldehydes is 1. The van der Waals surface area contributed by atoms with Gasteiger partial charge in [0.1, 0.15) is 6.29 Å². The Hall–Kier alpha value is -1.06. The highest BCUT2D eigenvalue weighted by Gasteiger charge is 2.12. The van der Waals surface area contributed by atoms with Gasteiger partial charge in [-0.25, -0.2) is 0 Å². The summed E-state index contributed by atoms with van der Waals surface area (Å²) in [7, 11) is 0. The molecule has 1 atom stereocenters. The molecule has 1 unspecified atom stereocenters. The van der Waals surface area contributed by atoms with Crippen molar-refractivity contribution in [2.75, 3.05) is 0 Å². The van der Waals surface area contributed by atoms with Crippen LogP contribution < -0.4 is 5.32 Å². The highest BCUT2D eigenvalue weighted by Crippen LogP contribution is 2.20. The third kappa shape index (κ3) is 3.51. The van der Waals surface area contributed by atoms with Crippen LogP contribution in [0.5, 0.6) is 0 Å². The third-order valence-corrected chi connectivity index (χ3v) is 2.55. The van der Waals surface area contributed by atoms with Gasteiger partial charge >= 0.3 is 0 Å². The van der Waals surface area contributed by atoms with E-state index in [9.17, 15) is 9.59 Å². The van der Waals surface area contributed by atoms with E-state index in [-0.39, 0.29) is 18.4 Å². The van der Waals surface area contributed by atoms with Gasteiger partial charge in [0.05, 0.1) is 10.6 Å². The van der Waals surface area contributed by atoms with Crippen LogP contribution in [0.4, 0.5) is 0 Å². The Bertz CT molecular complexity index is 407. The molecule has 0 saturated carbocycles. The summed E-state index contributed by atoms with van der Waals surface area (Å²) in [5.74, 6) is -0.309. The molecule has 1 N–H and O–H groups in total. The summed E-state index contributed by atoms with van der Waals surface area (Å²) >= 11 is 11.6. The molecule has 1 aromatic rings. The van der Waals surface area contributed by atoms with Gasteiger partial charge in [0, 0.05) is 17.5 Å². The summed E-state index contributed by atoms with van der Waals surface area (Å²) in [4.78, 5) is 22.0. The Morgan fingerprint density at radius 3 is 2.75 bits per heavy atom. The molecule has 0 fully saturated rings. The zero-order valence-corrected chi connectivity index (χ0v) is 10.2. The molecule has 86 valence electrons. The summed E-state index contributed by atoms with van der Waals surface area (Å²) in [6, 6.07) is 4.43. The van der Waals surface area contributed by atoms with Gasteiger partial charge in [0.15, 0.2) is 0 Å². The maximum absolute atomic E-state index is 11.7. The van der Waals surface area contributed by atoms with Crippen LogP contribution >= 0.6 is 23.2 Å². The van der Waals surface area contributed by atoms with Gasteiger partial charge < -0.3 is 10.1 Å². The van der Waals surface area contributed by atoms with Gasteiger partial charge in [-0.15, -0.1) is 0 Å². The van der Waals surface area contributed by atoms with Gasteiger partial charge in [-0.05, 0) is 25.1 Å². The van der Waals surface area contributed by atoms with Crippen molar-refractivity contribution in [2.24, 2.45) is 0 Å². The second kappa shape index (κ2) is 5.87. The highest BCUT2D eigenvalue weighted by molar-refractivity contribution is 6.36. The highest BCUT2D eigenvalue weighted by atomic mass is 35.5. The lowest BCUT2D eigenvalue weighted by atomic mass is 10.2. The molecule has 0 bridgehead atoms. The van der Waals surface area contributed by atoms with E-state index in [1.165, 1.54) is 6.07 Å². The molecule has 1 amide bonds. The number of amides is 1. The fourth-order valence-corrected chi connectivity index (χ4v) is 1.67. The molecule has 16 heavy (non-hydrogen) atoms. The average molecular weight is 260 g/mol. The molecule has 0 spiro atoms. The molecule has 0 aliphatic rings. The smallest absolute Gasteiger partial charge is 0.253 e. The average Bonchev–Trinajstić information content (AvgIpc) is 2.17. The molecule has 5 heteroatoms. The minimum atomic E-state index is -0.309. The van der Waals surface area contributed by atoms with Crippen molar-refractivity contribution >= 4 is 35.4 Å². The van der Waals surface area contributed by atoms with Crippen molar-refractivity contribution in [3.05, 3.63) is 33.8 Å². The zero-order chi connectivity index (χ0) is 12.1. The summed E-state index contributed by atoms with van der Waals surface area (Å²) in [6.07, 6.45) is 1.03. The number of benzene rings is 1. The van der Waals surface area contributed by atoms with E-state index in [1.54, 1.807) is 19.1 Å². The molecule has 1 aromatic carbocycles. The van der Waals surface area contributed by atoms with Crippen LogP contribution in [0, 0.1) is 0 Å². The molecule has 0 radical (unpaired) electrons. The van der Waals surface area contributed by atoms with Crippen LogP contribution in [-0.4, -0.2) is 18.2 Å². The fourth-order valence-electron chi connectivity index (χ4n) is 1.18. The van der Waals surface area contributed by atoms with Crippen molar-refractivity contribution in [1.82, 2.24) is 5.32 Å². The Balaban J connectivity index is 2.76. The van der Waals surface area contributed by atoms with E-state index in [0.717, 1.165) is 6.29 Å². The van der Waals surface area contributed by atoms with Gasteiger partial charge in [0.25, 0.3) is 5.91 Å². The van der Waals surface area contributed by atoms with Crippen molar-refractivity contribution in [3.63, 3.8) is 0 Å². The Morgan fingerprint density at radius 2 is 2.19 bits per heavy atom. The number of rotatable bonds is 4. The standard InChI is InChI=1S/C11H11Cl2NO2/c1-7(4-5-15)14-11(16)9-3-2-8(12)6-10(9)13/h2-3,5-7H,4H2,1H3,(H,14,16). The van der Waals surface area contributed by atoms with Crippen molar-refractivity contribution < 1.29 is 9.59 Å². The van der Waals surface area contributed by atoms with Gasteiger partial charge in [-0.3, -0.25) is 4.79 Å². The molecule has 0 saturated heterocycles. The number of nitrogens with one attached hydrogen (secondary N) is 1. The number of halogens is 2. The lowest BCUT2D eigenvalue weighted by molar-refractivity contribution is -0.108. The van der Waals surface area contributed by atoms with Crippen molar-refractivity contribution in [3.8, 4) is 0 Å². The van der Waals surface area contributed by atoms with Gasteiger partial charge in [-0.2, -0.15) is 0 Å². The summed E-state index contributed by atoms with van der Waals surface area (Å²) in [5.41, 5.74) is 0.351. The van der Waals surface area contributed by atoms with Crippen molar-refractivity contribution in [2.45, 2.75) is 19.4 Å². The lowest BCUT2D eigenvalue weighted by Gasteiger charge is -2.11. The van der Waals surface area contributed by atoms with Crippen LogP contribution in [0.3, 0.4) is 0 Å². The lowest BCUT2D eigenvalue weighted by Crippen LogP contribution is -2.32. The van der Waals surface area contributed by atoms with Gasteiger partial charge in [0.2, 0.25) is 0 Å². The van der Waals surface area contributed by atoms with E-state index in [4.69, 9.17) is 23.2 Å². The Morgan fingerprint density at radius 1 is 1.50 bits per heavy atom. The SMILES string of the molecule is CC(CC=O)NC(=O)c1ccc(Cl)cc1Cl. The van der Waals surface area contributed by atoms with E-state index in [2.05, 4.69) is 5.32 Å². The minimum Gasteiger partial charge on any atom is -0.349 e. The molecule has 0 aliphatic carbocycles.